The minimum absolute atomic E-state index is 0.257. The molecule has 1 heterocycles. The molecule has 0 spiro atoms. The third-order valence-corrected chi connectivity index (χ3v) is 5.16. The van der Waals surface area contributed by atoms with Gasteiger partial charge in [-0.1, -0.05) is 82.9 Å². The number of nitrogens with zero attached hydrogens (tertiary/aromatic N) is 1. The second-order valence-electron chi connectivity index (χ2n) is 7.78. The van der Waals surface area contributed by atoms with Crippen molar-refractivity contribution in [2.24, 2.45) is 0 Å². The maximum Gasteiger partial charge on any atom is 0.403 e. The summed E-state index contributed by atoms with van der Waals surface area (Å²) in [5, 5.41) is 0. The van der Waals surface area contributed by atoms with E-state index in [0.717, 1.165) is 12.8 Å². The van der Waals surface area contributed by atoms with Gasteiger partial charge in [0, 0.05) is 6.08 Å². The molecule has 0 saturated heterocycles. The van der Waals surface area contributed by atoms with E-state index in [1.165, 1.54) is 77.0 Å². The van der Waals surface area contributed by atoms with Gasteiger partial charge in [0.25, 0.3) is 5.70 Å². The zero-order valence-corrected chi connectivity index (χ0v) is 18.2. The van der Waals surface area contributed by atoms with E-state index in [1.54, 1.807) is 10.7 Å². The summed E-state index contributed by atoms with van der Waals surface area (Å²) in [6.07, 6.45) is 28.3. The van der Waals surface area contributed by atoms with Gasteiger partial charge in [0.1, 0.15) is 6.72 Å². The van der Waals surface area contributed by atoms with Gasteiger partial charge in [-0.15, -0.1) is 0 Å². The van der Waals surface area contributed by atoms with Crippen LogP contribution in [0.15, 0.2) is 36.1 Å². The van der Waals surface area contributed by atoms with Crippen molar-refractivity contribution in [3.63, 3.8) is 0 Å². The van der Waals surface area contributed by atoms with E-state index in [0.29, 0.717) is 18.8 Å². The van der Waals surface area contributed by atoms with E-state index < -0.39 is 0 Å². The summed E-state index contributed by atoms with van der Waals surface area (Å²) < 4.78 is 7.01. The van der Waals surface area contributed by atoms with Gasteiger partial charge in [0.05, 0.1) is 6.61 Å². The average Bonchev–Trinajstić information content (AvgIpc) is 2.70. The van der Waals surface area contributed by atoms with Crippen LogP contribution in [0.3, 0.4) is 0 Å². The molecule has 0 fully saturated rings. The number of rotatable bonds is 17. The number of hydrogen-bond donors (Lipinski definition) is 0. The molecule has 28 heavy (non-hydrogen) atoms. The molecule has 0 atom stereocenters. The molecule has 1 rings (SSSR count). The molecule has 0 bridgehead atoms. The molecule has 0 aromatic carbocycles. The second-order valence-corrected chi connectivity index (χ2v) is 7.78. The number of carbonyl (C=O) groups excluding carboxylic acids is 1. The van der Waals surface area contributed by atoms with Crippen LogP contribution < -0.4 is 0 Å². The highest BCUT2D eigenvalue weighted by Crippen LogP contribution is 2.11. The van der Waals surface area contributed by atoms with Gasteiger partial charge in [-0.25, -0.2) is 4.79 Å². The molecule has 0 aliphatic carbocycles. The Morgan fingerprint density at radius 3 is 2.14 bits per heavy atom. The average molecular weight is 389 g/mol. The van der Waals surface area contributed by atoms with E-state index >= 15 is 0 Å². The first kappa shape index (κ1) is 24.4. The maximum absolute atomic E-state index is 12.0. The second kappa shape index (κ2) is 17.5. The molecule has 0 N–H and O–H groups in total. The Bertz CT molecular complexity index is 517. The van der Waals surface area contributed by atoms with Crippen molar-refractivity contribution < 1.29 is 14.1 Å². The highest BCUT2D eigenvalue weighted by atomic mass is 16.5. The number of ether oxygens (including phenoxy) is 1. The molecule has 0 saturated carbocycles. The van der Waals surface area contributed by atoms with Crippen molar-refractivity contribution in [3.8, 4) is 0 Å². The minimum Gasteiger partial charge on any atom is -0.458 e. The molecule has 0 unspecified atom stereocenters. The van der Waals surface area contributed by atoms with Crippen LogP contribution in [0, 0.1) is 0 Å². The van der Waals surface area contributed by atoms with Crippen molar-refractivity contribution in [1.82, 2.24) is 0 Å². The summed E-state index contributed by atoms with van der Waals surface area (Å²) in [7, 11) is 0. The van der Waals surface area contributed by atoms with E-state index in [-0.39, 0.29) is 5.97 Å². The maximum atomic E-state index is 12.0. The van der Waals surface area contributed by atoms with E-state index in [9.17, 15) is 4.79 Å². The fourth-order valence-corrected chi connectivity index (χ4v) is 3.34. The third-order valence-electron chi connectivity index (χ3n) is 5.16. The third kappa shape index (κ3) is 12.7. The summed E-state index contributed by atoms with van der Waals surface area (Å²) in [6, 6.07) is 0. The van der Waals surface area contributed by atoms with Crippen molar-refractivity contribution in [1.29, 1.82) is 0 Å². The number of carbonyl (C=O) groups is 1. The Morgan fingerprint density at radius 1 is 0.964 bits per heavy atom. The van der Waals surface area contributed by atoms with Crippen molar-refractivity contribution in [2.45, 2.75) is 96.8 Å². The molecule has 1 aliphatic rings. The molecule has 0 amide bonds. The Morgan fingerprint density at radius 2 is 1.54 bits per heavy atom. The predicted molar refractivity (Wildman–Crippen MR) is 120 cm³/mol. The highest BCUT2D eigenvalue weighted by molar-refractivity contribution is 5.86. The van der Waals surface area contributed by atoms with Crippen LogP contribution in [0.5, 0.6) is 0 Å². The Hall–Kier alpha value is -1.64. The summed E-state index contributed by atoms with van der Waals surface area (Å²) in [5.74, 6) is -0.257. The summed E-state index contributed by atoms with van der Waals surface area (Å²) in [6.45, 7) is 7.28. The van der Waals surface area contributed by atoms with Crippen LogP contribution in [0.1, 0.15) is 96.8 Å². The van der Waals surface area contributed by atoms with E-state index in [2.05, 4.69) is 25.8 Å². The first-order chi connectivity index (χ1) is 13.8. The highest BCUT2D eigenvalue weighted by Gasteiger charge is 2.22. The topological polar surface area (TPSA) is 29.3 Å². The van der Waals surface area contributed by atoms with Crippen LogP contribution >= 0.6 is 0 Å². The standard InChI is InChI=1S/C25H42NO2/c1-3-4-5-6-7-8-9-10-11-12-13-14-15-16-17-20-23-28-25(27)24-21-18-19-22-26(24)2/h10-11,18-19,21H,2-9,12-17,20,22-23H2,1H3/q+1. The number of hydrogen-bond acceptors (Lipinski definition) is 2. The molecule has 3 nitrogen and oxygen atoms in total. The molecule has 0 aromatic heterocycles. The van der Waals surface area contributed by atoms with Gasteiger partial charge >= 0.3 is 5.97 Å². The predicted octanol–water partition coefficient (Wildman–Crippen LogP) is 6.73. The van der Waals surface area contributed by atoms with E-state index in [4.69, 9.17) is 4.74 Å². The quantitative estimate of drug-likeness (QED) is 0.120. The first-order valence-corrected chi connectivity index (χ1v) is 11.5. The SMILES string of the molecule is C=[N+]1CC=CC=C1C(=O)OCCCCCCCCC=CCCCCCCCC. The van der Waals surface area contributed by atoms with Crippen molar-refractivity contribution >= 4 is 12.7 Å². The number of unbranched alkanes of at least 4 members (excludes halogenated alkanes) is 12. The van der Waals surface area contributed by atoms with Gasteiger partial charge in [0.15, 0.2) is 6.54 Å². The largest absolute Gasteiger partial charge is 0.458 e. The lowest BCUT2D eigenvalue weighted by Gasteiger charge is -2.07. The fourth-order valence-electron chi connectivity index (χ4n) is 3.34. The lowest BCUT2D eigenvalue weighted by molar-refractivity contribution is -0.454. The molecular weight excluding hydrogens is 346 g/mol. The van der Waals surface area contributed by atoms with Gasteiger partial charge < -0.3 is 4.74 Å². The van der Waals surface area contributed by atoms with Gasteiger partial charge in [-0.05, 0) is 38.2 Å². The zero-order valence-electron chi connectivity index (χ0n) is 18.2. The lowest BCUT2D eigenvalue weighted by Crippen LogP contribution is -2.21. The fraction of sp³-hybridized carbons (Fsp3) is 0.680. The molecular formula is C25H42NO2+. The zero-order chi connectivity index (χ0) is 20.3. The van der Waals surface area contributed by atoms with Gasteiger partial charge in [-0.3, -0.25) is 0 Å². The van der Waals surface area contributed by atoms with Crippen LogP contribution in [-0.4, -0.2) is 30.4 Å². The van der Waals surface area contributed by atoms with E-state index in [1.807, 2.05) is 12.2 Å². The summed E-state index contributed by atoms with van der Waals surface area (Å²) >= 11 is 0. The van der Waals surface area contributed by atoms with Crippen LogP contribution in [0.4, 0.5) is 0 Å². The summed E-state index contributed by atoms with van der Waals surface area (Å²) in [4.78, 5) is 12.0. The molecule has 1 aliphatic heterocycles. The monoisotopic (exact) mass is 388 g/mol. The Kier molecular flexibility index (Phi) is 15.2. The smallest absolute Gasteiger partial charge is 0.403 e. The van der Waals surface area contributed by atoms with Crippen LogP contribution in [0.25, 0.3) is 0 Å². The van der Waals surface area contributed by atoms with Crippen LogP contribution in [0.2, 0.25) is 0 Å². The normalized spacial score (nSPS) is 13.9. The van der Waals surface area contributed by atoms with Crippen molar-refractivity contribution in [3.05, 3.63) is 36.1 Å². The molecule has 0 aromatic rings. The molecule has 3 heteroatoms. The lowest BCUT2D eigenvalue weighted by atomic mass is 10.1. The molecule has 158 valence electrons. The van der Waals surface area contributed by atoms with Crippen molar-refractivity contribution in [2.75, 3.05) is 13.2 Å². The number of esters is 1. The van der Waals surface area contributed by atoms with Gasteiger partial charge in [-0.2, -0.15) is 4.58 Å². The minimum atomic E-state index is -0.257. The Balaban J connectivity index is 1.83. The van der Waals surface area contributed by atoms with Gasteiger partial charge in [0.2, 0.25) is 0 Å². The number of allylic oxidation sites excluding steroid dienone is 4. The molecule has 0 radical (unpaired) electrons. The summed E-state index contributed by atoms with van der Waals surface area (Å²) in [5.41, 5.74) is 0.548. The Labute approximate surface area is 173 Å². The first-order valence-electron chi connectivity index (χ1n) is 11.5. The van der Waals surface area contributed by atoms with Crippen LogP contribution in [-0.2, 0) is 9.53 Å².